The molecule has 20 heavy (non-hydrogen) atoms. The number of rotatable bonds is 7. The Morgan fingerprint density at radius 3 is 2.50 bits per heavy atom. The normalized spacial score (nSPS) is 9.70. The van der Waals surface area contributed by atoms with Crippen molar-refractivity contribution in [3.63, 3.8) is 0 Å². The van der Waals surface area contributed by atoms with E-state index in [9.17, 15) is 9.59 Å². The summed E-state index contributed by atoms with van der Waals surface area (Å²) >= 11 is 0. The van der Waals surface area contributed by atoms with E-state index in [-0.39, 0.29) is 32.2 Å². The number of aliphatic hydroxyl groups is 1. The second kappa shape index (κ2) is 8.76. The summed E-state index contributed by atoms with van der Waals surface area (Å²) in [6.45, 7) is -0.0566. The van der Waals surface area contributed by atoms with Gasteiger partial charge in [-0.3, -0.25) is 10.1 Å². The van der Waals surface area contributed by atoms with Crippen LogP contribution in [0.25, 0.3) is 0 Å². The summed E-state index contributed by atoms with van der Waals surface area (Å²) in [5.41, 5.74) is 0.535. The van der Waals surface area contributed by atoms with Crippen molar-refractivity contribution in [2.75, 3.05) is 32.2 Å². The fourth-order valence-electron chi connectivity index (χ4n) is 1.28. The highest BCUT2D eigenvalue weighted by atomic mass is 16.6. The molecular formula is C13H17NO6. The van der Waals surface area contributed by atoms with Crippen LogP contribution in [0.3, 0.4) is 0 Å². The Bertz CT molecular complexity index is 431. The summed E-state index contributed by atoms with van der Waals surface area (Å²) in [6, 6.07) is 6.57. The number of benzene rings is 1. The monoisotopic (exact) mass is 283 g/mol. The van der Waals surface area contributed by atoms with Crippen molar-refractivity contribution in [1.29, 1.82) is 0 Å². The Kier molecular flexibility index (Phi) is 6.91. The average molecular weight is 283 g/mol. The van der Waals surface area contributed by atoms with Crippen molar-refractivity contribution in [3.05, 3.63) is 24.3 Å². The lowest BCUT2D eigenvalue weighted by Gasteiger charge is -2.08. The van der Waals surface area contributed by atoms with Gasteiger partial charge in [-0.05, 0) is 24.3 Å². The number of ether oxygens (including phenoxy) is 3. The summed E-state index contributed by atoms with van der Waals surface area (Å²) in [6.07, 6.45) is -0.470. The molecule has 0 saturated heterocycles. The Morgan fingerprint density at radius 2 is 1.90 bits per heavy atom. The molecule has 0 aliphatic carbocycles. The minimum Gasteiger partial charge on any atom is -0.493 e. The van der Waals surface area contributed by atoms with Gasteiger partial charge < -0.3 is 19.3 Å². The van der Waals surface area contributed by atoms with Crippen molar-refractivity contribution < 1.29 is 28.9 Å². The third kappa shape index (κ3) is 6.05. The number of methoxy groups -OCH3 is 1. The molecule has 1 aromatic carbocycles. The number of carbonyl (C=O) groups excluding carboxylic acids is 2. The van der Waals surface area contributed by atoms with E-state index in [1.54, 1.807) is 24.3 Å². The van der Waals surface area contributed by atoms with Crippen LogP contribution in [0.5, 0.6) is 5.75 Å². The van der Waals surface area contributed by atoms with Crippen molar-refractivity contribution in [3.8, 4) is 5.75 Å². The molecule has 0 aliphatic heterocycles. The Labute approximate surface area is 116 Å². The maximum atomic E-state index is 11.2. The molecular weight excluding hydrogens is 266 g/mol. The van der Waals surface area contributed by atoms with E-state index in [2.05, 4.69) is 14.8 Å². The maximum absolute atomic E-state index is 11.2. The zero-order chi connectivity index (χ0) is 14.8. The van der Waals surface area contributed by atoms with E-state index >= 15 is 0 Å². The first-order chi connectivity index (χ1) is 9.65. The zero-order valence-corrected chi connectivity index (χ0v) is 11.1. The molecule has 0 aromatic heterocycles. The van der Waals surface area contributed by atoms with Gasteiger partial charge in [0.1, 0.15) is 12.4 Å². The summed E-state index contributed by atoms with van der Waals surface area (Å²) in [5, 5.41) is 11.0. The summed E-state index contributed by atoms with van der Waals surface area (Å²) in [7, 11) is 1.32. The van der Waals surface area contributed by atoms with Gasteiger partial charge in [0.2, 0.25) is 0 Å². The summed E-state index contributed by atoms with van der Waals surface area (Å²) in [5.74, 6) is 0.234. The quantitative estimate of drug-likeness (QED) is 0.729. The van der Waals surface area contributed by atoms with Gasteiger partial charge in [-0.25, -0.2) is 4.79 Å². The zero-order valence-electron chi connectivity index (χ0n) is 11.1. The summed E-state index contributed by atoms with van der Waals surface area (Å²) in [4.78, 5) is 22.1. The molecule has 2 N–H and O–H groups in total. The van der Waals surface area contributed by atoms with Crippen LogP contribution in [0, 0.1) is 0 Å². The van der Waals surface area contributed by atoms with E-state index in [0.717, 1.165) is 0 Å². The lowest BCUT2D eigenvalue weighted by Crippen LogP contribution is -2.15. The molecule has 0 bridgehead atoms. The minimum absolute atomic E-state index is 0.0550. The van der Waals surface area contributed by atoms with Crippen molar-refractivity contribution in [2.45, 2.75) is 6.42 Å². The van der Waals surface area contributed by atoms with E-state index < -0.39 is 6.09 Å². The Balaban J connectivity index is 2.36. The summed E-state index contributed by atoms with van der Waals surface area (Å²) < 4.78 is 14.5. The van der Waals surface area contributed by atoms with Gasteiger partial charge in [0.25, 0.3) is 0 Å². The van der Waals surface area contributed by atoms with Crippen LogP contribution in [0.1, 0.15) is 6.42 Å². The molecule has 0 aliphatic rings. The van der Waals surface area contributed by atoms with Crippen molar-refractivity contribution in [1.82, 2.24) is 0 Å². The predicted molar refractivity (Wildman–Crippen MR) is 70.6 cm³/mol. The van der Waals surface area contributed by atoms with Gasteiger partial charge in [0, 0.05) is 5.69 Å². The van der Waals surface area contributed by atoms with Crippen LogP contribution in [0.2, 0.25) is 0 Å². The maximum Gasteiger partial charge on any atom is 0.411 e. The van der Waals surface area contributed by atoms with Crippen LogP contribution < -0.4 is 10.1 Å². The van der Waals surface area contributed by atoms with Gasteiger partial charge in [-0.2, -0.15) is 0 Å². The fraction of sp³-hybridized carbons (Fsp3) is 0.385. The number of hydrogen-bond acceptors (Lipinski definition) is 6. The molecule has 1 rings (SSSR count). The van der Waals surface area contributed by atoms with Crippen LogP contribution >= 0.6 is 0 Å². The second-order valence-corrected chi connectivity index (χ2v) is 3.68. The van der Waals surface area contributed by atoms with Gasteiger partial charge in [-0.15, -0.1) is 0 Å². The molecule has 0 fully saturated rings. The Morgan fingerprint density at radius 1 is 1.20 bits per heavy atom. The standard InChI is InChI=1S/C13H17NO6/c1-18-12(16)6-8-19-11-4-2-10(3-5-11)14-13(17)20-9-7-15/h2-5,15H,6-9H2,1H3,(H,14,17). The largest absolute Gasteiger partial charge is 0.493 e. The van der Waals surface area contributed by atoms with Crippen LogP contribution in [-0.4, -0.2) is 44.1 Å². The van der Waals surface area contributed by atoms with Gasteiger partial charge >= 0.3 is 12.1 Å². The number of nitrogens with one attached hydrogen (secondary N) is 1. The lowest BCUT2D eigenvalue weighted by molar-refractivity contribution is -0.141. The van der Waals surface area contributed by atoms with E-state index in [0.29, 0.717) is 11.4 Å². The minimum atomic E-state index is -0.640. The number of hydrogen-bond donors (Lipinski definition) is 2. The molecule has 0 unspecified atom stereocenters. The average Bonchev–Trinajstić information content (AvgIpc) is 2.46. The van der Waals surface area contributed by atoms with E-state index in [1.165, 1.54) is 7.11 Å². The van der Waals surface area contributed by atoms with E-state index in [4.69, 9.17) is 9.84 Å². The highest BCUT2D eigenvalue weighted by Gasteiger charge is 2.04. The highest BCUT2D eigenvalue weighted by molar-refractivity contribution is 5.84. The number of anilines is 1. The first-order valence-corrected chi connectivity index (χ1v) is 6.00. The molecule has 0 saturated carbocycles. The van der Waals surface area contributed by atoms with Gasteiger partial charge in [0.05, 0.1) is 26.7 Å². The SMILES string of the molecule is COC(=O)CCOc1ccc(NC(=O)OCCO)cc1. The fourth-order valence-corrected chi connectivity index (χ4v) is 1.28. The third-order valence-electron chi connectivity index (χ3n) is 2.23. The van der Waals surface area contributed by atoms with Gasteiger partial charge in [0.15, 0.2) is 0 Å². The molecule has 7 nitrogen and oxygen atoms in total. The molecule has 0 spiro atoms. The first kappa shape index (κ1) is 15.8. The molecule has 0 atom stereocenters. The second-order valence-electron chi connectivity index (χ2n) is 3.68. The topological polar surface area (TPSA) is 94.1 Å². The molecule has 7 heteroatoms. The molecule has 0 radical (unpaired) electrons. The molecule has 110 valence electrons. The van der Waals surface area contributed by atoms with Crippen LogP contribution in [0.4, 0.5) is 10.5 Å². The van der Waals surface area contributed by atoms with Crippen molar-refractivity contribution in [2.24, 2.45) is 0 Å². The third-order valence-corrected chi connectivity index (χ3v) is 2.23. The van der Waals surface area contributed by atoms with Gasteiger partial charge in [-0.1, -0.05) is 0 Å². The molecule has 1 amide bonds. The van der Waals surface area contributed by atoms with Crippen molar-refractivity contribution >= 4 is 17.7 Å². The smallest absolute Gasteiger partial charge is 0.411 e. The number of carbonyl (C=O) groups is 2. The predicted octanol–water partition coefficient (Wildman–Crippen LogP) is 1.17. The number of aliphatic hydroxyl groups excluding tert-OH is 1. The molecule has 1 aromatic rings. The molecule has 0 heterocycles. The lowest BCUT2D eigenvalue weighted by atomic mass is 10.3. The van der Waals surface area contributed by atoms with Crippen LogP contribution in [0.15, 0.2) is 24.3 Å². The number of amides is 1. The highest BCUT2D eigenvalue weighted by Crippen LogP contribution is 2.16. The number of esters is 1. The first-order valence-electron chi connectivity index (χ1n) is 6.00. The Hall–Kier alpha value is -2.28. The van der Waals surface area contributed by atoms with Crippen LogP contribution in [-0.2, 0) is 14.3 Å². The van der Waals surface area contributed by atoms with E-state index in [1.807, 2.05) is 0 Å².